The predicted octanol–water partition coefficient (Wildman–Crippen LogP) is 3.27. The zero-order valence-electron chi connectivity index (χ0n) is 16.2. The van der Waals surface area contributed by atoms with Crippen molar-refractivity contribution in [3.8, 4) is 18.1 Å². The van der Waals surface area contributed by atoms with E-state index in [9.17, 15) is 13.2 Å². The molecule has 0 saturated carbocycles. The molecule has 29 heavy (non-hydrogen) atoms. The lowest BCUT2D eigenvalue weighted by Gasteiger charge is -2.08. The third kappa shape index (κ3) is 4.11. The molecule has 0 radical (unpaired) electrons. The second-order valence-electron chi connectivity index (χ2n) is 6.55. The number of sulfone groups is 1. The molecule has 0 saturated heterocycles. The van der Waals surface area contributed by atoms with Crippen LogP contribution in [0.25, 0.3) is 10.2 Å². The number of terminal acetylenes is 1. The Kier molecular flexibility index (Phi) is 5.91. The van der Waals surface area contributed by atoms with Crippen molar-refractivity contribution >= 4 is 37.3 Å². The summed E-state index contributed by atoms with van der Waals surface area (Å²) in [6.45, 7) is 3.45. The first kappa shape index (κ1) is 20.8. The largest absolute Gasteiger partial charge is 0.497 e. The Morgan fingerprint density at radius 1 is 1.28 bits per heavy atom. The molecule has 1 heterocycles. The van der Waals surface area contributed by atoms with Gasteiger partial charge in [0.1, 0.15) is 5.75 Å². The minimum Gasteiger partial charge on any atom is -0.497 e. The van der Waals surface area contributed by atoms with E-state index in [1.165, 1.54) is 23.5 Å². The van der Waals surface area contributed by atoms with E-state index in [2.05, 4.69) is 10.9 Å². The fourth-order valence-corrected chi connectivity index (χ4v) is 4.90. The van der Waals surface area contributed by atoms with E-state index in [-0.39, 0.29) is 17.0 Å². The number of hydrogen-bond donors (Lipinski definition) is 0. The van der Waals surface area contributed by atoms with Gasteiger partial charge in [0.2, 0.25) is 0 Å². The zero-order valence-corrected chi connectivity index (χ0v) is 17.9. The number of rotatable bonds is 5. The van der Waals surface area contributed by atoms with Gasteiger partial charge in [-0.15, -0.1) is 6.42 Å². The van der Waals surface area contributed by atoms with Crippen LogP contribution in [0.3, 0.4) is 0 Å². The first-order valence-corrected chi connectivity index (χ1v) is 11.2. The van der Waals surface area contributed by atoms with Gasteiger partial charge < -0.3 is 9.30 Å². The molecule has 6 nitrogen and oxygen atoms in total. The van der Waals surface area contributed by atoms with E-state index in [1.807, 2.05) is 18.2 Å². The first-order chi connectivity index (χ1) is 13.8. The van der Waals surface area contributed by atoms with Crippen molar-refractivity contribution in [1.29, 1.82) is 0 Å². The molecular weight excluding hydrogens is 408 g/mol. The number of thiazole rings is 1. The minimum atomic E-state index is -3.49. The highest BCUT2D eigenvalue weighted by molar-refractivity contribution is 7.92. The van der Waals surface area contributed by atoms with Gasteiger partial charge in [-0.05, 0) is 50.2 Å². The van der Waals surface area contributed by atoms with Gasteiger partial charge in [0.15, 0.2) is 14.6 Å². The number of carbonyl (C=O) groups is 1. The van der Waals surface area contributed by atoms with Crippen LogP contribution in [0.1, 0.15) is 24.2 Å². The van der Waals surface area contributed by atoms with Crippen LogP contribution in [0.15, 0.2) is 52.4 Å². The summed E-state index contributed by atoms with van der Waals surface area (Å²) in [5, 5.41) is -0.583. The number of fused-ring (bicyclic) bond motifs is 1. The smallest absolute Gasteiger partial charge is 0.279 e. The van der Waals surface area contributed by atoms with Gasteiger partial charge in [-0.25, -0.2) is 8.42 Å². The maximum atomic E-state index is 12.8. The SMILES string of the molecule is C#CCn1c(=NC(=O)c2cccc(S(=O)(=O)C(C)C)c2)sc2cc(OC)ccc21. The molecule has 2 aromatic carbocycles. The van der Waals surface area contributed by atoms with Crippen molar-refractivity contribution in [3.05, 3.63) is 52.8 Å². The molecule has 3 rings (SSSR count). The Bertz CT molecular complexity index is 1290. The van der Waals surface area contributed by atoms with E-state index in [1.54, 1.807) is 37.7 Å². The number of carbonyl (C=O) groups excluding carboxylic acids is 1. The van der Waals surface area contributed by atoms with Crippen LogP contribution in [-0.4, -0.2) is 31.3 Å². The number of hydrogen-bond acceptors (Lipinski definition) is 5. The second kappa shape index (κ2) is 8.23. The molecular formula is C21H20N2O4S2. The summed E-state index contributed by atoms with van der Waals surface area (Å²) in [4.78, 5) is 17.5. The topological polar surface area (TPSA) is 77.7 Å². The number of ether oxygens (including phenoxy) is 1. The second-order valence-corrected chi connectivity index (χ2v) is 10.1. The highest BCUT2D eigenvalue weighted by Crippen LogP contribution is 2.23. The van der Waals surface area contributed by atoms with Crippen LogP contribution in [0.4, 0.5) is 0 Å². The summed E-state index contributed by atoms with van der Waals surface area (Å²) in [7, 11) is -1.91. The van der Waals surface area contributed by atoms with E-state index >= 15 is 0 Å². The maximum absolute atomic E-state index is 12.8. The van der Waals surface area contributed by atoms with Crippen LogP contribution in [0.5, 0.6) is 5.75 Å². The number of methoxy groups -OCH3 is 1. The monoisotopic (exact) mass is 428 g/mol. The van der Waals surface area contributed by atoms with Crippen LogP contribution in [0.2, 0.25) is 0 Å². The highest BCUT2D eigenvalue weighted by Gasteiger charge is 2.20. The van der Waals surface area contributed by atoms with Gasteiger partial charge in [0.05, 0.1) is 34.0 Å². The van der Waals surface area contributed by atoms with E-state index in [0.717, 1.165) is 10.2 Å². The molecule has 0 aliphatic heterocycles. The average molecular weight is 429 g/mol. The lowest BCUT2D eigenvalue weighted by molar-refractivity contribution is 0.0997. The average Bonchev–Trinajstić information content (AvgIpc) is 3.04. The van der Waals surface area contributed by atoms with Crippen LogP contribution < -0.4 is 9.54 Å². The Balaban J connectivity index is 2.11. The third-order valence-electron chi connectivity index (χ3n) is 4.37. The number of benzene rings is 2. The lowest BCUT2D eigenvalue weighted by atomic mass is 10.2. The van der Waals surface area contributed by atoms with Crippen LogP contribution >= 0.6 is 11.3 Å². The Labute approximate surface area is 173 Å². The minimum absolute atomic E-state index is 0.103. The molecule has 0 aliphatic rings. The van der Waals surface area contributed by atoms with Crippen molar-refractivity contribution < 1.29 is 17.9 Å². The quantitative estimate of drug-likeness (QED) is 0.585. The fraction of sp³-hybridized carbons (Fsp3) is 0.238. The van der Waals surface area contributed by atoms with E-state index in [0.29, 0.717) is 10.6 Å². The Hall–Kier alpha value is -2.89. The molecule has 0 fully saturated rings. The van der Waals surface area contributed by atoms with Gasteiger partial charge in [-0.2, -0.15) is 4.99 Å². The van der Waals surface area contributed by atoms with Crippen molar-refractivity contribution in [2.75, 3.05) is 7.11 Å². The molecule has 3 aromatic rings. The molecule has 0 unspecified atom stereocenters. The van der Waals surface area contributed by atoms with E-state index < -0.39 is 21.0 Å². The Morgan fingerprint density at radius 2 is 2.03 bits per heavy atom. The molecule has 0 spiro atoms. The van der Waals surface area contributed by atoms with Crippen molar-refractivity contribution in [2.45, 2.75) is 30.5 Å². The van der Waals surface area contributed by atoms with Crippen LogP contribution in [-0.2, 0) is 16.4 Å². The number of aromatic nitrogens is 1. The van der Waals surface area contributed by atoms with Gasteiger partial charge >= 0.3 is 0 Å². The van der Waals surface area contributed by atoms with Gasteiger partial charge in [0, 0.05) is 5.56 Å². The summed E-state index contributed by atoms with van der Waals surface area (Å²) >= 11 is 1.31. The molecule has 0 aliphatic carbocycles. The molecule has 150 valence electrons. The molecule has 1 aromatic heterocycles. The zero-order chi connectivity index (χ0) is 21.2. The highest BCUT2D eigenvalue weighted by atomic mass is 32.2. The van der Waals surface area contributed by atoms with Gasteiger partial charge in [-0.1, -0.05) is 23.3 Å². The number of amides is 1. The molecule has 1 amide bonds. The first-order valence-electron chi connectivity index (χ1n) is 8.81. The normalized spacial score (nSPS) is 12.3. The Morgan fingerprint density at radius 3 is 2.69 bits per heavy atom. The summed E-state index contributed by atoms with van der Waals surface area (Å²) < 4.78 is 32.7. The fourth-order valence-electron chi connectivity index (χ4n) is 2.74. The summed E-state index contributed by atoms with van der Waals surface area (Å²) in [6.07, 6.45) is 5.49. The summed E-state index contributed by atoms with van der Waals surface area (Å²) in [5.74, 6) is 2.73. The van der Waals surface area contributed by atoms with Crippen molar-refractivity contribution in [3.63, 3.8) is 0 Å². The molecule has 8 heteroatoms. The van der Waals surface area contributed by atoms with Crippen molar-refractivity contribution in [2.24, 2.45) is 4.99 Å². The molecule has 0 bridgehead atoms. The molecule has 0 N–H and O–H groups in total. The standard InChI is InChI=1S/C21H20N2O4S2/c1-5-11-23-18-10-9-16(27-4)13-19(18)28-21(23)22-20(24)15-7-6-8-17(12-15)29(25,26)14(2)3/h1,6-10,12-14H,11H2,2-4H3. The van der Waals surface area contributed by atoms with E-state index in [4.69, 9.17) is 11.2 Å². The number of nitrogens with zero attached hydrogens (tertiary/aromatic N) is 2. The van der Waals surface area contributed by atoms with Crippen molar-refractivity contribution in [1.82, 2.24) is 4.57 Å². The summed E-state index contributed by atoms with van der Waals surface area (Å²) in [5.41, 5.74) is 1.05. The maximum Gasteiger partial charge on any atom is 0.279 e. The lowest BCUT2D eigenvalue weighted by Crippen LogP contribution is -2.17. The van der Waals surface area contributed by atoms with Gasteiger partial charge in [0.25, 0.3) is 5.91 Å². The van der Waals surface area contributed by atoms with Crippen LogP contribution in [0, 0.1) is 12.3 Å². The predicted molar refractivity (Wildman–Crippen MR) is 114 cm³/mol. The van der Waals surface area contributed by atoms with Gasteiger partial charge in [-0.3, -0.25) is 4.79 Å². The summed E-state index contributed by atoms with van der Waals surface area (Å²) in [6, 6.07) is 11.5. The third-order valence-corrected chi connectivity index (χ3v) is 7.56. The molecule has 0 atom stereocenters.